The van der Waals surface area contributed by atoms with Crippen LogP contribution < -0.4 is 10.6 Å². The van der Waals surface area contributed by atoms with Gasteiger partial charge in [0.1, 0.15) is 0 Å². The Morgan fingerprint density at radius 1 is 1.22 bits per heavy atom. The highest BCUT2D eigenvalue weighted by Crippen LogP contribution is 2.19. The summed E-state index contributed by atoms with van der Waals surface area (Å²) in [5.74, 6) is 0.469. The predicted octanol–water partition coefficient (Wildman–Crippen LogP) is 3.38. The Bertz CT molecular complexity index is 337. The Kier molecular flexibility index (Phi) is 12.0. The summed E-state index contributed by atoms with van der Waals surface area (Å²) in [6, 6.07) is 0.639. The van der Waals surface area contributed by atoms with Crippen LogP contribution in [0.25, 0.3) is 0 Å². The zero-order valence-electron chi connectivity index (χ0n) is 14.1. The van der Waals surface area contributed by atoms with E-state index in [1.807, 2.05) is 6.92 Å². The fourth-order valence-electron chi connectivity index (χ4n) is 2.77. The van der Waals surface area contributed by atoms with Crippen LogP contribution in [0.15, 0.2) is 4.99 Å². The van der Waals surface area contributed by atoms with Crippen LogP contribution in [0.5, 0.6) is 0 Å². The van der Waals surface area contributed by atoms with E-state index in [4.69, 9.17) is 0 Å². The molecule has 1 unspecified atom stereocenters. The number of hydrogen-bond acceptors (Lipinski definition) is 2. The number of aliphatic imine (C=N–C) groups is 1. The predicted molar refractivity (Wildman–Crippen MR) is 99.6 cm³/mol. The van der Waals surface area contributed by atoms with Crippen molar-refractivity contribution in [2.45, 2.75) is 58.2 Å². The summed E-state index contributed by atoms with van der Waals surface area (Å²) in [5, 5.41) is 6.11. The maximum atomic E-state index is 12.2. The van der Waals surface area contributed by atoms with Crippen LogP contribution >= 0.6 is 24.0 Å². The van der Waals surface area contributed by atoms with Crippen LogP contribution in [0.3, 0.4) is 0 Å². The number of rotatable bonds is 7. The first-order valence-corrected chi connectivity index (χ1v) is 8.29. The van der Waals surface area contributed by atoms with Crippen LogP contribution in [-0.4, -0.2) is 55.8 Å². The van der Waals surface area contributed by atoms with E-state index in [0.717, 1.165) is 19.5 Å². The summed E-state index contributed by atoms with van der Waals surface area (Å²) in [6.07, 6.45) is -0.104. The van der Waals surface area contributed by atoms with Gasteiger partial charge in [0.05, 0.1) is 13.0 Å². The molecule has 1 atom stereocenters. The molecule has 1 rings (SSSR count). The first-order chi connectivity index (χ1) is 10.5. The number of alkyl halides is 3. The normalized spacial score (nSPS) is 20.0. The van der Waals surface area contributed by atoms with Gasteiger partial charge in [0.25, 0.3) is 0 Å². The summed E-state index contributed by atoms with van der Waals surface area (Å²) >= 11 is 0. The van der Waals surface area contributed by atoms with Crippen molar-refractivity contribution in [3.05, 3.63) is 0 Å². The van der Waals surface area contributed by atoms with Gasteiger partial charge < -0.3 is 10.6 Å². The minimum atomic E-state index is -4.15. The number of halogens is 4. The van der Waals surface area contributed by atoms with Gasteiger partial charge in [0, 0.05) is 25.7 Å². The maximum absolute atomic E-state index is 12.2. The fraction of sp³-hybridized carbons (Fsp3) is 0.933. The molecule has 0 aromatic heterocycles. The standard InChI is InChI=1S/C15H29F3N4.HI/c1-3-13-7-5-6-11-22(13)12-10-21-14(19-4-2)20-9-8-15(16,17)18;/h13H,3-12H2,1-2H3,(H2,19,20,21);1H. The molecule has 4 nitrogen and oxygen atoms in total. The molecule has 2 N–H and O–H groups in total. The highest BCUT2D eigenvalue weighted by Gasteiger charge is 2.26. The molecule has 0 radical (unpaired) electrons. The van der Waals surface area contributed by atoms with Gasteiger partial charge in [-0.2, -0.15) is 13.2 Å². The molecule has 0 amide bonds. The molecule has 0 aliphatic carbocycles. The largest absolute Gasteiger partial charge is 0.390 e. The zero-order chi connectivity index (χ0) is 16.4. The lowest BCUT2D eigenvalue weighted by Gasteiger charge is -2.35. The van der Waals surface area contributed by atoms with Crippen LogP contribution in [-0.2, 0) is 0 Å². The van der Waals surface area contributed by atoms with Crippen molar-refractivity contribution in [3.8, 4) is 0 Å². The lowest BCUT2D eigenvalue weighted by atomic mass is 10.0. The first kappa shape index (κ1) is 22.8. The monoisotopic (exact) mass is 450 g/mol. The van der Waals surface area contributed by atoms with E-state index in [0.29, 0.717) is 25.1 Å². The lowest BCUT2D eigenvalue weighted by molar-refractivity contribution is -0.132. The van der Waals surface area contributed by atoms with Gasteiger partial charge in [-0.05, 0) is 32.7 Å². The van der Waals surface area contributed by atoms with E-state index in [-0.39, 0.29) is 30.5 Å². The van der Waals surface area contributed by atoms with Gasteiger partial charge >= 0.3 is 6.18 Å². The van der Waals surface area contributed by atoms with E-state index in [1.54, 1.807) is 0 Å². The van der Waals surface area contributed by atoms with Crippen molar-refractivity contribution in [2.75, 3.05) is 32.7 Å². The highest BCUT2D eigenvalue weighted by molar-refractivity contribution is 14.0. The number of hydrogen-bond donors (Lipinski definition) is 2. The fourth-order valence-corrected chi connectivity index (χ4v) is 2.77. The van der Waals surface area contributed by atoms with Crippen molar-refractivity contribution < 1.29 is 13.2 Å². The number of nitrogens with zero attached hydrogens (tertiary/aromatic N) is 2. The van der Waals surface area contributed by atoms with Crippen LogP contribution in [0.2, 0.25) is 0 Å². The topological polar surface area (TPSA) is 39.7 Å². The molecule has 0 aromatic carbocycles. The van der Waals surface area contributed by atoms with Gasteiger partial charge in [-0.1, -0.05) is 13.3 Å². The molecule has 8 heteroatoms. The summed E-state index contributed by atoms with van der Waals surface area (Å²) in [4.78, 5) is 6.44. The number of piperidine rings is 1. The van der Waals surface area contributed by atoms with Crippen molar-refractivity contribution >= 4 is 29.9 Å². The van der Waals surface area contributed by atoms with E-state index < -0.39 is 12.6 Å². The Balaban J connectivity index is 0.00000484. The van der Waals surface area contributed by atoms with Crippen LogP contribution in [0.4, 0.5) is 13.2 Å². The molecule has 0 aromatic rings. The van der Waals surface area contributed by atoms with Gasteiger partial charge in [-0.15, -0.1) is 24.0 Å². The second-order valence-electron chi connectivity index (χ2n) is 5.65. The maximum Gasteiger partial charge on any atom is 0.390 e. The molecule has 1 aliphatic rings. The second kappa shape index (κ2) is 12.2. The van der Waals surface area contributed by atoms with Gasteiger partial charge in [0.2, 0.25) is 0 Å². The smallest absolute Gasteiger partial charge is 0.357 e. The quantitative estimate of drug-likeness (QED) is 0.355. The van der Waals surface area contributed by atoms with E-state index in [2.05, 4.69) is 27.4 Å². The first-order valence-electron chi connectivity index (χ1n) is 8.29. The Morgan fingerprint density at radius 2 is 1.96 bits per heavy atom. The molecule has 0 saturated carbocycles. The molecule has 138 valence electrons. The highest BCUT2D eigenvalue weighted by atomic mass is 127. The molecule has 1 aliphatic heterocycles. The Hall–Kier alpha value is -0.250. The molecule has 1 saturated heterocycles. The van der Waals surface area contributed by atoms with Crippen molar-refractivity contribution in [1.29, 1.82) is 0 Å². The summed E-state index contributed by atoms with van der Waals surface area (Å²) in [6.45, 7) is 7.23. The molecular weight excluding hydrogens is 420 g/mol. The van der Waals surface area contributed by atoms with Crippen molar-refractivity contribution in [2.24, 2.45) is 4.99 Å². The average Bonchev–Trinajstić information content (AvgIpc) is 2.46. The molecular formula is C15H30F3IN4. The molecule has 1 heterocycles. The third kappa shape index (κ3) is 10.3. The number of nitrogens with one attached hydrogen (secondary N) is 2. The molecule has 23 heavy (non-hydrogen) atoms. The Morgan fingerprint density at radius 3 is 2.57 bits per heavy atom. The van der Waals surface area contributed by atoms with Gasteiger partial charge in [0.15, 0.2) is 5.96 Å². The Labute approximate surface area is 154 Å². The van der Waals surface area contributed by atoms with Crippen molar-refractivity contribution in [3.63, 3.8) is 0 Å². The number of likely N-dealkylation sites (tertiary alicyclic amines) is 1. The molecule has 0 bridgehead atoms. The summed E-state index contributed by atoms with van der Waals surface area (Å²) < 4.78 is 36.5. The van der Waals surface area contributed by atoms with Crippen LogP contribution in [0.1, 0.15) is 46.0 Å². The molecule has 1 fully saturated rings. The average molecular weight is 450 g/mol. The van der Waals surface area contributed by atoms with Gasteiger partial charge in [-0.25, -0.2) is 0 Å². The van der Waals surface area contributed by atoms with E-state index in [1.165, 1.54) is 19.3 Å². The summed E-state index contributed by atoms with van der Waals surface area (Å²) in [7, 11) is 0. The lowest BCUT2D eigenvalue weighted by Crippen LogP contribution is -2.46. The number of guanidine groups is 1. The van der Waals surface area contributed by atoms with Gasteiger partial charge in [-0.3, -0.25) is 9.89 Å². The summed E-state index contributed by atoms with van der Waals surface area (Å²) in [5.41, 5.74) is 0. The second-order valence-corrected chi connectivity index (χ2v) is 5.65. The minimum Gasteiger partial charge on any atom is -0.357 e. The van der Waals surface area contributed by atoms with E-state index >= 15 is 0 Å². The van der Waals surface area contributed by atoms with Crippen molar-refractivity contribution in [1.82, 2.24) is 15.5 Å². The van der Waals surface area contributed by atoms with Crippen LogP contribution in [0, 0.1) is 0 Å². The third-order valence-corrected chi connectivity index (χ3v) is 3.92. The molecule has 0 spiro atoms. The third-order valence-electron chi connectivity index (χ3n) is 3.92. The minimum absolute atomic E-state index is 0. The van der Waals surface area contributed by atoms with E-state index in [9.17, 15) is 13.2 Å². The SMILES string of the molecule is CCNC(=NCCC(F)(F)F)NCCN1CCCCC1CC.I. The zero-order valence-corrected chi connectivity index (χ0v) is 16.4.